The van der Waals surface area contributed by atoms with Crippen molar-refractivity contribution in [2.75, 3.05) is 6.54 Å². The van der Waals surface area contributed by atoms with Gasteiger partial charge >= 0.3 is 0 Å². The minimum absolute atomic E-state index is 0.509. The highest BCUT2D eigenvalue weighted by atomic mass is 14.7. The lowest BCUT2D eigenvalue weighted by molar-refractivity contribution is 0.329. The summed E-state index contributed by atoms with van der Waals surface area (Å²) in [5.74, 6) is 4.42. The van der Waals surface area contributed by atoms with Gasteiger partial charge in [0.25, 0.3) is 0 Å². The van der Waals surface area contributed by atoms with Gasteiger partial charge in [0.05, 0.1) is 6.54 Å². The largest absolute Gasteiger partial charge is 0.289 e. The Morgan fingerprint density at radius 1 is 0.667 bits per heavy atom. The van der Waals surface area contributed by atoms with Crippen LogP contribution in [0.5, 0.6) is 0 Å². The number of rotatable bonds is 5. The van der Waals surface area contributed by atoms with Crippen molar-refractivity contribution in [3.05, 3.63) is 119 Å². The van der Waals surface area contributed by atoms with Gasteiger partial charge in [0.15, 0.2) is 0 Å². The first kappa shape index (κ1) is 25.1. The third kappa shape index (κ3) is 5.06. The summed E-state index contributed by atoms with van der Waals surface area (Å²) in [6.07, 6.45) is 40.5. The fourth-order valence-corrected chi connectivity index (χ4v) is 8.43. The smallest absolute Gasteiger partial charge is 0.0606 e. The van der Waals surface area contributed by atoms with Crippen LogP contribution in [0, 0.1) is 29.6 Å². The maximum atomic E-state index is 4.45. The number of fused-ring (bicyclic) bond motifs is 1. The summed E-state index contributed by atoms with van der Waals surface area (Å²) in [7, 11) is 0. The lowest BCUT2D eigenvalue weighted by atomic mass is 9.66. The van der Waals surface area contributed by atoms with Crippen LogP contribution in [0.1, 0.15) is 80.8 Å². The molecule has 0 N–H and O–H groups in total. The minimum atomic E-state index is 0.509. The summed E-state index contributed by atoms with van der Waals surface area (Å²) >= 11 is 0. The van der Waals surface area contributed by atoms with Crippen LogP contribution in [0.4, 0.5) is 0 Å². The molecular formula is C38H43N. The molecule has 5 aliphatic carbocycles. The third-order valence-electron chi connectivity index (χ3n) is 10.6. The highest BCUT2D eigenvalue weighted by Crippen LogP contribution is 2.48. The molecule has 0 fully saturated rings. The van der Waals surface area contributed by atoms with Crippen LogP contribution >= 0.6 is 0 Å². The molecule has 200 valence electrons. The molecule has 1 nitrogen and oxygen atoms in total. The van der Waals surface area contributed by atoms with Gasteiger partial charge in [-0.1, -0.05) is 85.0 Å². The standard InChI is InChI=1S/C38H43N/c1-2-9-28(10-3-1)33-13-4-5-14-35(33)38-22-21-34(36-15-6-7-16-37(36)38)29-19-17-27(18-20-29)30-11-8-12-31(25-30)32-23-24-39-26-32/h1-2,4-6,8,11,13-15,17,19,21-24,27-31,37-38H,3,7,9-10,12,16,18,20,25-26H2/t27?,28?,29?,30?,31?,37-,38?/m0/s1. The molecule has 0 bridgehead atoms. The zero-order chi connectivity index (χ0) is 26.0. The number of nitrogens with zero attached hydrogens (tertiary/aromatic N) is 1. The van der Waals surface area contributed by atoms with E-state index in [1.165, 1.54) is 57.8 Å². The van der Waals surface area contributed by atoms with Gasteiger partial charge in [-0.15, -0.1) is 0 Å². The lowest BCUT2D eigenvalue weighted by Gasteiger charge is -2.38. The van der Waals surface area contributed by atoms with Gasteiger partial charge < -0.3 is 0 Å². The van der Waals surface area contributed by atoms with Crippen LogP contribution in [-0.4, -0.2) is 12.8 Å². The molecule has 6 aliphatic rings. The molecule has 39 heavy (non-hydrogen) atoms. The van der Waals surface area contributed by atoms with Crippen molar-refractivity contribution in [3.8, 4) is 0 Å². The summed E-state index contributed by atoms with van der Waals surface area (Å²) in [5, 5.41) is 0. The maximum Gasteiger partial charge on any atom is 0.0606 e. The fourth-order valence-electron chi connectivity index (χ4n) is 8.43. The first-order valence-electron chi connectivity index (χ1n) is 15.7. The van der Waals surface area contributed by atoms with E-state index in [0.29, 0.717) is 41.4 Å². The minimum Gasteiger partial charge on any atom is -0.289 e. The number of benzene rings is 1. The Bertz CT molecular complexity index is 1310. The van der Waals surface area contributed by atoms with Crippen molar-refractivity contribution >= 4 is 6.21 Å². The quantitative estimate of drug-likeness (QED) is 0.348. The molecule has 1 heterocycles. The fraction of sp³-hybridized carbons (Fsp3) is 0.447. The van der Waals surface area contributed by atoms with Gasteiger partial charge in [-0.25, -0.2) is 0 Å². The predicted octanol–water partition coefficient (Wildman–Crippen LogP) is 9.60. The first-order valence-corrected chi connectivity index (χ1v) is 15.7. The molecule has 6 unspecified atom stereocenters. The van der Waals surface area contributed by atoms with E-state index in [0.717, 1.165) is 6.54 Å². The van der Waals surface area contributed by atoms with Crippen molar-refractivity contribution in [2.45, 2.75) is 69.6 Å². The Balaban J connectivity index is 1.10. The van der Waals surface area contributed by atoms with Gasteiger partial charge in [0.2, 0.25) is 0 Å². The monoisotopic (exact) mass is 513 g/mol. The van der Waals surface area contributed by atoms with Crippen LogP contribution in [0.3, 0.4) is 0 Å². The second-order valence-corrected chi connectivity index (χ2v) is 12.7. The molecule has 0 spiro atoms. The molecule has 0 radical (unpaired) electrons. The van der Waals surface area contributed by atoms with E-state index in [1.54, 1.807) is 27.8 Å². The Hall–Kier alpha value is -2.93. The molecule has 0 saturated carbocycles. The van der Waals surface area contributed by atoms with E-state index >= 15 is 0 Å². The Morgan fingerprint density at radius 3 is 2.38 bits per heavy atom. The molecule has 0 saturated heterocycles. The topological polar surface area (TPSA) is 12.4 Å². The average Bonchev–Trinajstić information content (AvgIpc) is 3.57. The molecular weight excluding hydrogens is 470 g/mol. The van der Waals surface area contributed by atoms with E-state index in [4.69, 9.17) is 0 Å². The van der Waals surface area contributed by atoms with E-state index in [9.17, 15) is 0 Å². The second kappa shape index (κ2) is 11.3. The summed E-state index contributed by atoms with van der Waals surface area (Å²) in [6.45, 7) is 0.926. The van der Waals surface area contributed by atoms with E-state index < -0.39 is 0 Å². The van der Waals surface area contributed by atoms with E-state index in [-0.39, 0.29) is 0 Å². The van der Waals surface area contributed by atoms with Crippen molar-refractivity contribution in [2.24, 2.45) is 34.6 Å². The van der Waals surface area contributed by atoms with Crippen LogP contribution in [0.2, 0.25) is 0 Å². The maximum absolute atomic E-state index is 4.45. The van der Waals surface area contributed by atoms with Crippen molar-refractivity contribution in [3.63, 3.8) is 0 Å². The third-order valence-corrected chi connectivity index (χ3v) is 10.6. The molecule has 7 rings (SSSR count). The molecule has 1 aromatic rings. The highest BCUT2D eigenvalue weighted by Gasteiger charge is 2.35. The average molecular weight is 514 g/mol. The molecule has 0 aromatic heterocycles. The SMILES string of the molecule is C1=CCC(c2ccccc2C2C=CC(C3C=CC(C4C=CCC(C5=CC=NC5)C4)CC3)=C3C=CCC[C@@H]32)CC1. The van der Waals surface area contributed by atoms with Crippen LogP contribution in [0.25, 0.3) is 0 Å². The molecule has 7 atom stereocenters. The normalized spacial score (nSPS) is 35.4. The number of hydrogen-bond donors (Lipinski definition) is 0. The number of aliphatic imine (C=N–C) groups is 1. The van der Waals surface area contributed by atoms with Crippen LogP contribution < -0.4 is 0 Å². The van der Waals surface area contributed by atoms with Gasteiger partial charge in [-0.3, -0.25) is 4.99 Å². The Morgan fingerprint density at radius 2 is 1.56 bits per heavy atom. The highest BCUT2D eigenvalue weighted by molar-refractivity contribution is 5.75. The van der Waals surface area contributed by atoms with Crippen molar-refractivity contribution in [1.29, 1.82) is 0 Å². The molecule has 1 aromatic carbocycles. The van der Waals surface area contributed by atoms with E-state index in [1.807, 2.05) is 6.21 Å². The van der Waals surface area contributed by atoms with E-state index in [2.05, 4.69) is 96.1 Å². The molecule has 1 aliphatic heterocycles. The van der Waals surface area contributed by atoms with Crippen molar-refractivity contribution < 1.29 is 0 Å². The summed E-state index contributed by atoms with van der Waals surface area (Å²) < 4.78 is 0. The van der Waals surface area contributed by atoms with Crippen LogP contribution in [-0.2, 0) is 0 Å². The summed E-state index contributed by atoms with van der Waals surface area (Å²) in [5.41, 5.74) is 7.98. The van der Waals surface area contributed by atoms with Crippen LogP contribution in [0.15, 0.2) is 113 Å². The van der Waals surface area contributed by atoms with Crippen molar-refractivity contribution in [1.82, 2.24) is 0 Å². The summed E-state index contributed by atoms with van der Waals surface area (Å²) in [4.78, 5) is 4.45. The number of hydrogen-bond acceptors (Lipinski definition) is 1. The number of allylic oxidation sites excluding steroid dienone is 13. The van der Waals surface area contributed by atoms with Gasteiger partial charge in [0.1, 0.15) is 0 Å². The van der Waals surface area contributed by atoms with Gasteiger partial charge in [0, 0.05) is 18.1 Å². The van der Waals surface area contributed by atoms with Gasteiger partial charge in [-0.05, 0) is 121 Å². The predicted molar refractivity (Wildman–Crippen MR) is 165 cm³/mol. The lowest BCUT2D eigenvalue weighted by Crippen LogP contribution is -2.25. The Kier molecular flexibility index (Phi) is 7.25. The zero-order valence-electron chi connectivity index (χ0n) is 23.3. The molecule has 1 heteroatoms. The molecule has 0 amide bonds. The Labute approximate surface area is 235 Å². The second-order valence-electron chi connectivity index (χ2n) is 12.7. The zero-order valence-corrected chi connectivity index (χ0v) is 23.3. The summed E-state index contributed by atoms with van der Waals surface area (Å²) in [6, 6.07) is 9.40. The van der Waals surface area contributed by atoms with Gasteiger partial charge in [-0.2, -0.15) is 0 Å². The first-order chi connectivity index (χ1) is 19.3.